The van der Waals surface area contributed by atoms with E-state index >= 15 is 0 Å². The molecule has 1 aromatic heterocycles. The number of furan rings is 1. The van der Waals surface area contributed by atoms with Gasteiger partial charge in [-0.3, -0.25) is 0 Å². The van der Waals surface area contributed by atoms with Crippen LogP contribution in [0.1, 0.15) is 18.4 Å². The lowest BCUT2D eigenvalue weighted by Gasteiger charge is -2.06. The van der Waals surface area contributed by atoms with Crippen molar-refractivity contribution < 1.29 is 9.15 Å². The highest BCUT2D eigenvalue weighted by Crippen LogP contribution is 2.28. The third kappa shape index (κ3) is 4.27. The maximum absolute atomic E-state index is 6.07. The average Bonchev–Trinajstić information content (AvgIpc) is 2.83. The zero-order valence-electron chi connectivity index (χ0n) is 10.6. The second kappa shape index (κ2) is 6.98. The van der Waals surface area contributed by atoms with Crippen LogP contribution in [-0.4, -0.2) is 6.54 Å². The summed E-state index contributed by atoms with van der Waals surface area (Å²) in [5, 5.41) is 3.78. The van der Waals surface area contributed by atoms with E-state index < -0.39 is 0 Å². The van der Waals surface area contributed by atoms with E-state index in [2.05, 4.69) is 28.2 Å². The number of ether oxygens (including phenoxy) is 1. The van der Waals surface area contributed by atoms with Crippen LogP contribution in [0, 0.1) is 0 Å². The zero-order chi connectivity index (χ0) is 13.7. The Kier molecular flexibility index (Phi) is 5.31. The fraction of sp³-hybridized carbons (Fsp3) is 0.286. The molecule has 3 nitrogen and oxygen atoms in total. The van der Waals surface area contributed by atoms with Gasteiger partial charge in [0, 0.05) is 4.47 Å². The molecule has 102 valence electrons. The topological polar surface area (TPSA) is 34.4 Å². The molecule has 2 rings (SSSR count). The van der Waals surface area contributed by atoms with E-state index in [0.717, 1.165) is 29.1 Å². The Bertz CT molecular complexity index is 542. The predicted octanol–water partition coefficient (Wildman–Crippen LogP) is 4.38. The van der Waals surface area contributed by atoms with Crippen LogP contribution in [0.4, 0.5) is 0 Å². The number of hydrogen-bond donors (Lipinski definition) is 1. The van der Waals surface area contributed by atoms with Gasteiger partial charge in [0.1, 0.15) is 23.9 Å². The van der Waals surface area contributed by atoms with Crippen molar-refractivity contribution in [3.8, 4) is 5.75 Å². The summed E-state index contributed by atoms with van der Waals surface area (Å²) in [6, 6.07) is 9.38. The molecule has 0 bridgehead atoms. The Labute approximate surface area is 126 Å². The molecule has 5 heteroatoms. The summed E-state index contributed by atoms with van der Waals surface area (Å²) in [5.74, 6) is 2.34. The first-order valence-electron chi connectivity index (χ1n) is 6.05. The molecule has 0 saturated carbocycles. The predicted molar refractivity (Wildman–Crippen MR) is 79.6 cm³/mol. The first-order chi connectivity index (χ1) is 9.19. The number of rotatable bonds is 6. The minimum atomic E-state index is 0.369. The van der Waals surface area contributed by atoms with Gasteiger partial charge in [0.25, 0.3) is 0 Å². The summed E-state index contributed by atoms with van der Waals surface area (Å²) in [6.07, 6.45) is 0. The van der Waals surface area contributed by atoms with Crippen LogP contribution in [0.5, 0.6) is 5.75 Å². The van der Waals surface area contributed by atoms with Crippen LogP contribution in [0.15, 0.2) is 39.2 Å². The molecule has 0 aliphatic heterocycles. The zero-order valence-corrected chi connectivity index (χ0v) is 12.9. The molecule has 0 saturated heterocycles. The fourth-order valence-electron chi connectivity index (χ4n) is 1.58. The second-order valence-electron chi connectivity index (χ2n) is 4.01. The Hall–Kier alpha value is -0.970. The van der Waals surface area contributed by atoms with E-state index in [0.29, 0.717) is 17.4 Å². The molecule has 19 heavy (non-hydrogen) atoms. The number of nitrogens with one attached hydrogen (secondary N) is 1. The molecule has 0 amide bonds. The van der Waals surface area contributed by atoms with E-state index in [9.17, 15) is 0 Å². The lowest BCUT2D eigenvalue weighted by Crippen LogP contribution is -2.10. The second-order valence-corrected chi connectivity index (χ2v) is 5.33. The van der Waals surface area contributed by atoms with Crippen molar-refractivity contribution >= 4 is 27.5 Å². The van der Waals surface area contributed by atoms with Gasteiger partial charge in [-0.1, -0.05) is 34.5 Å². The van der Waals surface area contributed by atoms with Gasteiger partial charge in [-0.2, -0.15) is 0 Å². The maximum Gasteiger partial charge on any atom is 0.146 e. The van der Waals surface area contributed by atoms with E-state index in [4.69, 9.17) is 20.8 Å². The molecular formula is C14H15BrClNO2. The summed E-state index contributed by atoms with van der Waals surface area (Å²) in [7, 11) is 0. The molecule has 0 unspecified atom stereocenters. The Balaban J connectivity index is 1.92. The molecule has 0 spiro atoms. The third-order valence-corrected chi connectivity index (χ3v) is 3.32. The molecule has 2 aromatic rings. The van der Waals surface area contributed by atoms with Crippen LogP contribution in [0.2, 0.25) is 5.02 Å². The normalized spacial score (nSPS) is 10.7. The SMILES string of the molecule is CCNCc1ccc(COc2ccc(Br)cc2Cl)o1. The number of benzene rings is 1. The van der Waals surface area contributed by atoms with Gasteiger partial charge >= 0.3 is 0 Å². The summed E-state index contributed by atoms with van der Waals surface area (Å²) < 4.78 is 12.2. The van der Waals surface area contributed by atoms with Crippen molar-refractivity contribution in [1.29, 1.82) is 0 Å². The summed E-state index contributed by atoms with van der Waals surface area (Å²) in [6.45, 7) is 4.08. The summed E-state index contributed by atoms with van der Waals surface area (Å²) in [4.78, 5) is 0. The quantitative estimate of drug-likeness (QED) is 0.844. The lowest BCUT2D eigenvalue weighted by atomic mass is 10.3. The van der Waals surface area contributed by atoms with Gasteiger partial charge in [0.05, 0.1) is 11.6 Å². The van der Waals surface area contributed by atoms with Crippen LogP contribution >= 0.6 is 27.5 Å². The van der Waals surface area contributed by atoms with Crippen LogP contribution in [0.3, 0.4) is 0 Å². The van der Waals surface area contributed by atoms with Crippen LogP contribution < -0.4 is 10.1 Å². The van der Waals surface area contributed by atoms with E-state index in [1.807, 2.05) is 24.3 Å². The molecule has 1 heterocycles. The summed E-state index contributed by atoms with van der Waals surface area (Å²) >= 11 is 9.43. The number of halogens is 2. The molecule has 0 radical (unpaired) electrons. The highest BCUT2D eigenvalue weighted by atomic mass is 79.9. The highest BCUT2D eigenvalue weighted by molar-refractivity contribution is 9.10. The summed E-state index contributed by atoms with van der Waals surface area (Å²) in [5.41, 5.74) is 0. The van der Waals surface area contributed by atoms with Crippen LogP contribution in [0.25, 0.3) is 0 Å². The molecule has 0 atom stereocenters. The van der Waals surface area contributed by atoms with Crippen molar-refractivity contribution in [2.45, 2.75) is 20.1 Å². The number of hydrogen-bond acceptors (Lipinski definition) is 3. The van der Waals surface area contributed by atoms with E-state index in [-0.39, 0.29) is 0 Å². The van der Waals surface area contributed by atoms with Gasteiger partial charge in [0.2, 0.25) is 0 Å². The van der Waals surface area contributed by atoms with E-state index in [1.165, 1.54) is 0 Å². The van der Waals surface area contributed by atoms with Crippen molar-refractivity contribution in [1.82, 2.24) is 5.32 Å². The van der Waals surface area contributed by atoms with Gasteiger partial charge in [-0.15, -0.1) is 0 Å². The van der Waals surface area contributed by atoms with E-state index in [1.54, 1.807) is 6.07 Å². The Morgan fingerprint density at radius 2 is 2.05 bits per heavy atom. The lowest BCUT2D eigenvalue weighted by molar-refractivity contribution is 0.265. The van der Waals surface area contributed by atoms with Crippen molar-refractivity contribution in [3.63, 3.8) is 0 Å². The third-order valence-electron chi connectivity index (χ3n) is 2.53. The Morgan fingerprint density at radius 3 is 2.79 bits per heavy atom. The van der Waals surface area contributed by atoms with Gasteiger partial charge in [-0.05, 0) is 36.9 Å². The first-order valence-corrected chi connectivity index (χ1v) is 7.22. The highest BCUT2D eigenvalue weighted by Gasteiger charge is 2.05. The minimum Gasteiger partial charge on any atom is -0.484 e. The molecule has 1 N–H and O–H groups in total. The molecule has 0 aliphatic rings. The van der Waals surface area contributed by atoms with Crippen LogP contribution in [-0.2, 0) is 13.2 Å². The largest absolute Gasteiger partial charge is 0.484 e. The maximum atomic E-state index is 6.07. The van der Waals surface area contributed by atoms with Crippen molar-refractivity contribution in [2.75, 3.05) is 6.54 Å². The van der Waals surface area contributed by atoms with Crippen molar-refractivity contribution in [3.05, 3.63) is 51.3 Å². The standard InChI is InChI=1S/C14H15BrClNO2/c1-2-17-8-11-4-5-12(19-11)9-18-14-6-3-10(15)7-13(14)16/h3-7,17H,2,8-9H2,1H3. The van der Waals surface area contributed by atoms with Crippen molar-refractivity contribution in [2.24, 2.45) is 0 Å². The smallest absolute Gasteiger partial charge is 0.146 e. The van der Waals surface area contributed by atoms with Gasteiger partial charge in [0.15, 0.2) is 0 Å². The first kappa shape index (κ1) is 14.4. The monoisotopic (exact) mass is 343 g/mol. The molecule has 0 fully saturated rings. The average molecular weight is 345 g/mol. The molecular weight excluding hydrogens is 330 g/mol. The molecule has 1 aromatic carbocycles. The van der Waals surface area contributed by atoms with Gasteiger partial charge in [-0.25, -0.2) is 0 Å². The Morgan fingerprint density at radius 1 is 1.26 bits per heavy atom. The van der Waals surface area contributed by atoms with Gasteiger partial charge < -0.3 is 14.5 Å². The fourth-order valence-corrected chi connectivity index (χ4v) is 2.31. The minimum absolute atomic E-state index is 0.369. The molecule has 0 aliphatic carbocycles.